The third-order valence-electron chi connectivity index (χ3n) is 6.29. The van der Waals surface area contributed by atoms with Gasteiger partial charge >= 0.3 is 0 Å². The fraction of sp³-hybridized carbons (Fsp3) is 0.500. The van der Waals surface area contributed by atoms with Crippen molar-refractivity contribution in [2.45, 2.75) is 44.2 Å². The van der Waals surface area contributed by atoms with E-state index in [1.165, 1.54) is 19.3 Å². The third kappa shape index (κ3) is 5.18. The predicted molar refractivity (Wildman–Crippen MR) is 116 cm³/mol. The fourth-order valence-electron chi connectivity index (χ4n) is 4.55. The van der Waals surface area contributed by atoms with E-state index in [2.05, 4.69) is 15.2 Å². The summed E-state index contributed by atoms with van der Waals surface area (Å²) >= 11 is 0. The monoisotopic (exact) mass is 409 g/mol. The van der Waals surface area contributed by atoms with Crippen LogP contribution in [0, 0.1) is 0 Å². The van der Waals surface area contributed by atoms with Gasteiger partial charge in [0.1, 0.15) is 12.4 Å². The molecule has 2 heterocycles. The first-order chi connectivity index (χ1) is 14.8. The van der Waals surface area contributed by atoms with E-state index in [0.717, 1.165) is 50.5 Å². The Hall–Kier alpha value is -2.44. The van der Waals surface area contributed by atoms with E-state index in [9.17, 15) is 4.79 Å². The molecule has 1 aliphatic heterocycles. The Morgan fingerprint density at radius 2 is 1.87 bits per heavy atom. The van der Waals surface area contributed by atoms with Crippen molar-refractivity contribution < 1.29 is 14.3 Å². The van der Waals surface area contributed by atoms with Gasteiger partial charge in [-0.2, -0.15) is 0 Å². The van der Waals surface area contributed by atoms with Crippen molar-refractivity contribution in [1.82, 2.24) is 15.2 Å². The van der Waals surface area contributed by atoms with Crippen LogP contribution in [0.2, 0.25) is 0 Å². The number of nitrogens with one attached hydrogen (secondary N) is 1. The van der Waals surface area contributed by atoms with Crippen LogP contribution in [0.4, 0.5) is 0 Å². The van der Waals surface area contributed by atoms with Crippen molar-refractivity contribution >= 4 is 5.91 Å². The van der Waals surface area contributed by atoms with E-state index < -0.39 is 0 Å². The number of hydrogen-bond donors (Lipinski definition) is 1. The molecule has 0 radical (unpaired) electrons. The highest BCUT2D eigenvalue weighted by Gasteiger charge is 2.38. The summed E-state index contributed by atoms with van der Waals surface area (Å²) in [4.78, 5) is 19.4. The molecule has 30 heavy (non-hydrogen) atoms. The molecule has 1 saturated heterocycles. The lowest BCUT2D eigenvalue weighted by molar-refractivity contribution is -0.0361. The molecule has 1 saturated carbocycles. The van der Waals surface area contributed by atoms with Crippen molar-refractivity contribution in [3.8, 4) is 5.75 Å². The summed E-state index contributed by atoms with van der Waals surface area (Å²) in [5.41, 5.74) is 1.75. The van der Waals surface area contributed by atoms with Gasteiger partial charge in [0, 0.05) is 48.7 Å². The van der Waals surface area contributed by atoms with Gasteiger partial charge in [0.05, 0.1) is 13.2 Å². The number of nitrogens with zero attached hydrogens (tertiary/aromatic N) is 2. The molecule has 6 nitrogen and oxygen atoms in total. The quantitative estimate of drug-likeness (QED) is 0.759. The average Bonchev–Trinajstić information content (AvgIpc) is 2.83. The number of ether oxygens (including phenoxy) is 2. The van der Waals surface area contributed by atoms with Crippen molar-refractivity contribution in [2.24, 2.45) is 0 Å². The van der Waals surface area contributed by atoms with Gasteiger partial charge in [-0.1, -0.05) is 25.3 Å². The first kappa shape index (κ1) is 20.8. The molecule has 2 fully saturated rings. The minimum Gasteiger partial charge on any atom is -0.489 e. The maximum atomic E-state index is 12.8. The zero-order valence-electron chi connectivity index (χ0n) is 17.5. The highest BCUT2D eigenvalue weighted by molar-refractivity contribution is 5.94. The minimum atomic E-state index is -0.0213. The fourth-order valence-corrected chi connectivity index (χ4v) is 4.55. The first-order valence-corrected chi connectivity index (χ1v) is 11.0. The summed E-state index contributed by atoms with van der Waals surface area (Å²) < 4.78 is 11.3. The van der Waals surface area contributed by atoms with Crippen LogP contribution in [-0.2, 0) is 11.3 Å². The van der Waals surface area contributed by atoms with Gasteiger partial charge in [0.15, 0.2) is 0 Å². The van der Waals surface area contributed by atoms with Crippen molar-refractivity contribution in [1.29, 1.82) is 0 Å². The molecule has 6 heteroatoms. The molecule has 1 aliphatic carbocycles. The molecule has 0 bridgehead atoms. The van der Waals surface area contributed by atoms with E-state index >= 15 is 0 Å². The van der Waals surface area contributed by atoms with Gasteiger partial charge in [-0.25, -0.2) is 0 Å². The molecule has 160 valence electrons. The summed E-state index contributed by atoms with van der Waals surface area (Å²) in [6.07, 6.45) is 9.58. The second-order valence-corrected chi connectivity index (χ2v) is 8.24. The lowest BCUT2D eigenvalue weighted by Crippen LogP contribution is -2.59. The molecular weight excluding hydrogens is 378 g/mol. The number of morpholine rings is 1. The number of aromatic nitrogens is 1. The first-order valence-electron chi connectivity index (χ1n) is 11.0. The molecule has 1 amide bonds. The standard InChI is InChI=1S/C24H31N3O3/c28-23(21-6-8-22(9-7-21)30-18-20-5-4-12-25-17-20)26-19-24(10-2-1-3-11-24)27-13-15-29-16-14-27/h4-9,12,17H,1-3,10-11,13-16,18-19H2,(H,26,28). The van der Waals surface area contributed by atoms with Crippen LogP contribution in [0.15, 0.2) is 48.8 Å². The molecule has 2 aliphatic rings. The van der Waals surface area contributed by atoms with E-state index in [1.54, 1.807) is 12.4 Å². The number of benzene rings is 1. The molecule has 0 atom stereocenters. The second kappa shape index (κ2) is 10.0. The number of pyridine rings is 1. The van der Waals surface area contributed by atoms with E-state index in [1.807, 2.05) is 36.4 Å². The Morgan fingerprint density at radius 1 is 1.10 bits per heavy atom. The van der Waals surface area contributed by atoms with Crippen molar-refractivity contribution in [3.05, 3.63) is 59.9 Å². The normalized spacial score (nSPS) is 19.2. The maximum Gasteiger partial charge on any atom is 0.251 e. The third-order valence-corrected chi connectivity index (χ3v) is 6.29. The number of carbonyl (C=O) groups excluding carboxylic acids is 1. The van der Waals surface area contributed by atoms with Gasteiger partial charge in [-0.3, -0.25) is 14.7 Å². The highest BCUT2D eigenvalue weighted by Crippen LogP contribution is 2.34. The molecule has 1 aromatic heterocycles. The molecule has 1 N–H and O–H groups in total. The van der Waals surface area contributed by atoms with Crippen LogP contribution in [0.5, 0.6) is 5.75 Å². The summed E-state index contributed by atoms with van der Waals surface area (Å²) in [7, 11) is 0. The lowest BCUT2D eigenvalue weighted by atomic mass is 9.79. The zero-order valence-corrected chi connectivity index (χ0v) is 17.5. The van der Waals surface area contributed by atoms with Crippen LogP contribution >= 0.6 is 0 Å². The average molecular weight is 410 g/mol. The Bertz CT molecular complexity index is 798. The number of amides is 1. The van der Waals surface area contributed by atoms with Gasteiger partial charge in [-0.05, 0) is 43.2 Å². The summed E-state index contributed by atoms with van der Waals surface area (Å²) in [5.74, 6) is 0.722. The largest absolute Gasteiger partial charge is 0.489 e. The summed E-state index contributed by atoms with van der Waals surface area (Å²) in [6.45, 7) is 4.65. The molecule has 2 aromatic rings. The molecular formula is C24H31N3O3. The Labute approximate surface area is 178 Å². The van der Waals surface area contributed by atoms with Gasteiger partial charge in [0.2, 0.25) is 0 Å². The van der Waals surface area contributed by atoms with E-state index in [0.29, 0.717) is 18.7 Å². The maximum absolute atomic E-state index is 12.8. The van der Waals surface area contributed by atoms with E-state index in [4.69, 9.17) is 9.47 Å². The molecule has 1 aromatic carbocycles. The second-order valence-electron chi connectivity index (χ2n) is 8.24. The van der Waals surface area contributed by atoms with Crippen LogP contribution < -0.4 is 10.1 Å². The smallest absolute Gasteiger partial charge is 0.251 e. The minimum absolute atomic E-state index is 0.0213. The topological polar surface area (TPSA) is 63.7 Å². The molecule has 0 spiro atoms. The van der Waals surface area contributed by atoms with Crippen LogP contribution in [0.25, 0.3) is 0 Å². The Balaban J connectivity index is 1.33. The highest BCUT2D eigenvalue weighted by atomic mass is 16.5. The van der Waals surface area contributed by atoms with Gasteiger partial charge in [-0.15, -0.1) is 0 Å². The number of rotatable bonds is 7. The number of carbonyl (C=O) groups is 1. The Kier molecular flexibility index (Phi) is 6.97. The van der Waals surface area contributed by atoms with Crippen LogP contribution in [-0.4, -0.2) is 54.2 Å². The molecule has 4 rings (SSSR count). The summed E-state index contributed by atoms with van der Waals surface area (Å²) in [5, 5.41) is 3.21. The van der Waals surface area contributed by atoms with E-state index in [-0.39, 0.29) is 11.4 Å². The Morgan fingerprint density at radius 3 is 2.57 bits per heavy atom. The molecule has 0 unspecified atom stereocenters. The van der Waals surface area contributed by atoms with Crippen LogP contribution in [0.1, 0.15) is 48.0 Å². The SMILES string of the molecule is O=C(NCC1(N2CCOCC2)CCCCC1)c1ccc(OCc2cccnc2)cc1. The predicted octanol–water partition coefficient (Wildman–Crippen LogP) is 3.43. The number of hydrogen-bond acceptors (Lipinski definition) is 5. The van der Waals surface area contributed by atoms with Crippen LogP contribution in [0.3, 0.4) is 0 Å². The van der Waals surface area contributed by atoms with Crippen molar-refractivity contribution in [3.63, 3.8) is 0 Å². The van der Waals surface area contributed by atoms with Crippen molar-refractivity contribution in [2.75, 3.05) is 32.8 Å². The van der Waals surface area contributed by atoms with Gasteiger partial charge < -0.3 is 14.8 Å². The summed E-state index contributed by atoms with van der Waals surface area (Å²) in [6, 6.07) is 11.2. The zero-order chi connectivity index (χ0) is 20.7. The van der Waals surface area contributed by atoms with Gasteiger partial charge in [0.25, 0.3) is 5.91 Å². The lowest BCUT2D eigenvalue weighted by Gasteiger charge is -2.48.